The lowest BCUT2D eigenvalue weighted by Crippen LogP contribution is -2.05. The van der Waals surface area contributed by atoms with Crippen molar-refractivity contribution in [1.82, 2.24) is 0 Å². The fraction of sp³-hybridized carbons (Fsp3) is 0.400. The molecule has 0 atom stereocenters. The van der Waals surface area contributed by atoms with Crippen LogP contribution < -0.4 is 0 Å². The fourth-order valence-corrected chi connectivity index (χ4v) is 1.03. The molecule has 1 nitrogen and oxygen atoms in total. The van der Waals surface area contributed by atoms with Crippen LogP contribution in [0.15, 0.2) is 24.3 Å². The van der Waals surface area contributed by atoms with Gasteiger partial charge in [0.25, 0.3) is 0 Å². The second kappa shape index (κ2) is 5.11. The molecule has 0 fully saturated rings. The van der Waals surface area contributed by atoms with E-state index in [0.717, 1.165) is 12.1 Å². The Labute approximate surface area is 84.7 Å². The summed E-state index contributed by atoms with van der Waals surface area (Å²) in [7, 11) is 0. The summed E-state index contributed by atoms with van der Waals surface area (Å²) in [5.74, 6) is 0. The number of benzene rings is 1. The molecule has 0 heterocycles. The molecule has 84 valence electrons. The minimum absolute atomic E-state index is 0.0407. The molecule has 0 aromatic heterocycles. The van der Waals surface area contributed by atoms with Gasteiger partial charge in [0.15, 0.2) is 0 Å². The maximum Gasteiger partial charge on any atom is 0.416 e. The van der Waals surface area contributed by atoms with E-state index in [9.17, 15) is 17.6 Å². The average molecular weight is 222 g/mol. The molecule has 0 radical (unpaired) electrons. The number of ether oxygens (including phenoxy) is 1. The van der Waals surface area contributed by atoms with Gasteiger partial charge in [0, 0.05) is 0 Å². The first kappa shape index (κ1) is 12.0. The molecule has 0 aliphatic rings. The molecule has 0 spiro atoms. The quantitative estimate of drug-likeness (QED) is 0.561. The van der Waals surface area contributed by atoms with E-state index in [4.69, 9.17) is 4.74 Å². The van der Waals surface area contributed by atoms with E-state index in [1.807, 2.05) is 0 Å². The van der Waals surface area contributed by atoms with Gasteiger partial charge in [-0.15, -0.1) is 0 Å². The highest BCUT2D eigenvalue weighted by molar-refractivity contribution is 5.24. The van der Waals surface area contributed by atoms with Gasteiger partial charge in [0.1, 0.15) is 6.67 Å². The molecule has 0 unspecified atom stereocenters. The molecule has 1 rings (SSSR count). The molecule has 0 aliphatic heterocycles. The zero-order valence-corrected chi connectivity index (χ0v) is 7.85. The van der Waals surface area contributed by atoms with Crippen LogP contribution in [-0.2, 0) is 17.5 Å². The molecule has 0 bridgehead atoms. The molecule has 15 heavy (non-hydrogen) atoms. The normalized spacial score (nSPS) is 11.7. The van der Waals surface area contributed by atoms with Crippen LogP contribution in [0.2, 0.25) is 0 Å². The van der Waals surface area contributed by atoms with Crippen molar-refractivity contribution >= 4 is 0 Å². The predicted molar refractivity (Wildman–Crippen MR) is 47.1 cm³/mol. The summed E-state index contributed by atoms with van der Waals surface area (Å²) in [4.78, 5) is 0. The number of hydrogen-bond donors (Lipinski definition) is 0. The van der Waals surface area contributed by atoms with Crippen molar-refractivity contribution in [2.24, 2.45) is 0 Å². The van der Waals surface area contributed by atoms with Crippen molar-refractivity contribution in [3.8, 4) is 0 Å². The minimum Gasteiger partial charge on any atom is -0.374 e. The monoisotopic (exact) mass is 222 g/mol. The number of rotatable bonds is 4. The SMILES string of the molecule is FCCOCc1ccc(C(F)(F)F)cc1. The lowest BCUT2D eigenvalue weighted by molar-refractivity contribution is -0.137. The van der Waals surface area contributed by atoms with Crippen LogP contribution in [-0.4, -0.2) is 13.3 Å². The Bertz CT molecular complexity index is 291. The largest absolute Gasteiger partial charge is 0.416 e. The van der Waals surface area contributed by atoms with Gasteiger partial charge < -0.3 is 4.74 Å². The number of hydrogen-bond acceptors (Lipinski definition) is 1. The van der Waals surface area contributed by atoms with Crippen molar-refractivity contribution in [2.75, 3.05) is 13.3 Å². The Morgan fingerprint density at radius 1 is 1.07 bits per heavy atom. The van der Waals surface area contributed by atoms with E-state index >= 15 is 0 Å². The molecule has 0 amide bonds. The van der Waals surface area contributed by atoms with E-state index in [0.29, 0.717) is 5.56 Å². The lowest BCUT2D eigenvalue weighted by atomic mass is 10.1. The second-order valence-electron chi connectivity index (χ2n) is 2.94. The predicted octanol–water partition coefficient (Wildman–Crippen LogP) is 3.19. The lowest BCUT2D eigenvalue weighted by Gasteiger charge is -2.07. The smallest absolute Gasteiger partial charge is 0.374 e. The molecule has 5 heteroatoms. The topological polar surface area (TPSA) is 9.23 Å². The third kappa shape index (κ3) is 3.87. The Morgan fingerprint density at radius 2 is 1.67 bits per heavy atom. The molecule has 0 saturated carbocycles. The summed E-state index contributed by atoms with van der Waals surface area (Å²) in [5.41, 5.74) is -0.104. The molecule has 0 aliphatic carbocycles. The second-order valence-corrected chi connectivity index (χ2v) is 2.94. The van der Waals surface area contributed by atoms with E-state index < -0.39 is 18.4 Å². The third-order valence-corrected chi connectivity index (χ3v) is 1.77. The third-order valence-electron chi connectivity index (χ3n) is 1.77. The first-order valence-electron chi connectivity index (χ1n) is 4.34. The number of alkyl halides is 4. The van der Waals surface area contributed by atoms with Crippen LogP contribution in [0.3, 0.4) is 0 Å². The zero-order valence-electron chi connectivity index (χ0n) is 7.85. The van der Waals surface area contributed by atoms with Gasteiger partial charge in [0.05, 0.1) is 18.8 Å². The van der Waals surface area contributed by atoms with Crippen LogP contribution in [0, 0.1) is 0 Å². The molecular weight excluding hydrogens is 212 g/mol. The van der Waals surface area contributed by atoms with E-state index in [1.165, 1.54) is 12.1 Å². The maximum atomic E-state index is 12.1. The van der Waals surface area contributed by atoms with Crippen molar-refractivity contribution < 1.29 is 22.3 Å². The Kier molecular flexibility index (Phi) is 4.08. The highest BCUT2D eigenvalue weighted by atomic mass is 19.4. The Morgan fingerprint density at radius 3 is 2.13 bits per heavy atom. The summed E-state index contributed by atoms with van der Waals surface area (Å²) in [5, 5.41) is 0. The van der Waals surface area contributed by atoms with Crippen LogP contribution in [0.4, 0.5) is 17.6 Å². The highest BCUT2D eigenvalue weighted by Crippen LogP contribution is 2.29. The molecule has 1 aromatic rings. The van der Waals surface area contributed by atoms with Gasteiger partial charge in [-0.25, -0.2) is 4.39 Å². The van der Waals surface area contributed by atoms with Crippen LogP contribution in [0.25, 0.3) is 0 Å². The standard InChI is InChI=1S/C10H10F4O/c11-5-6-15-7-8-1-3-9(4-2-8)10(12,13)14/h1-4H,5-7H2. The summed E-state index contributed by atoms with van der Waals surface area (Å²) in [6, 6.07) is 4.60. The van der Waals surface area contributed by atoms with Crippen molar-refractivity contribution in [2.45, 2.75) is 12.8 Å². The van der Waals surface area contributed by atoms with E-state index in [-0.39, 0.29) is 13.2 Å². The first-order valence-corrected chi connectivity index (χ1v) is 4.34. The summed E-state index contributed by atoms with van der Waals surface area (Å²) < 4.78 is 52.9. The van der Waals surface area contributed by atoms with Gasteiger partial charge in [0.2, 0.25) is 0 Å². The van der Waals surface area contributed by atoms with Crippen molar-refractivity contribution in [1.29, 1.82) is 0 Å². The number of halogens is 4. The van der Waals surface area contributed by atoms with Gasteiger partial charge in [-0.2, -0.15) is 13.2 Å². The van der Waals surface area contributed by atoms with Crippen LogP contribution in [0.1, 0.15) is 11.1 Å². The van der Waals surface area contributed by atoms with Crippen LogP contribution in [0.5, 0.6) is 0 Å². The fourth-order valence-electron chi connectivity index (χ4n) is 1.03. The maximum absolute atomic E-state index is 12.1. The van der Waals surface area contributed by atoms with E-state index in [1.54, 1.807) is 0 Å². The molecule has 1 aromatic carbocycles. The van der Waals surface area contributed by atoms with Gasteiger partial charge in [-0.05, 0) is 17.7 Å². The van der Waals surface area contributed by atoms with Crippen molar-refractivity contribution in [3.05, 3.63) is 35.4 Å². The Hall–Kier alpha value is -1.10. The molecular formula is C10H10F4O. The Balaban J connectivity index is 2.57. The minimum atomic E-state index is -4.32. The van der Waals surface area contributed by atoms with Gasteiger partial charge >= 0.3 is 6.18 Å². The average Bonchev–Trinajstić information content (AvgIpc) is 2.18. The highest BCUT2D eigenvalue weighted by Gasteiger charge is 2.29. The zero-order chi connectivity index (χ0) is 11.3. The molecule has 0 N–H and O–H groups in total. The van der Waals surface area contributed by atoms with Crippen molar-refractivity contribution in [3.63, 3.8) is 0 Å². The van der Waals surface area contributed by atoms with E-state index in [2.05, 4.69) is 0 Å². The summed E-state index contributed by atoms with van der Waals surface area (Å²) in [6.07, 6.45) is -4.32. The van der Waals surface area contributed by atoms with Crippen LogP contribution >= 0.6 is 0 Å². The van der Waals surface area contributed by atoms with Gasteiger partial charge in [-0.1, -0.05) is 12.1 Å². The first-order chi connectivity index (χ1) is 7.04. The molecule has 0 saturated heterocycles. The summed E-state index contributed by atoms with van der Waals surface area (Å²) in [6.45, 7) is -0.510. The van der Waals surface area contributed by atoms with Gasteiger partial charge in [-0.3, -0.25) is 0 Å². The summed E-state index contributed by atoms with van der Waals surface area (Å²) >= 11 is 0.